The van der Waals surface area contributed by atoms with Gasteiger partial charge < -0.3 is 5.32 Å². The first-order chi connectivity index (χ1) is 13.1. The number of carbonyl (C=O) groups excluding carboxylic acids is 2. The van der Waals surface area contributed by atoms with Crippen LogP contribution in [0.2, 0.25) is 0 Å². The fourth-order valence-corrected chi connectivity index (χ4v) is 3.66. The van der Waals surface area contributed by atoms with Gasteiger partial charge in [-0.1, -0.05) is 28.1 Å². The second kappa shape index (κ2) is 7.53. The van der Waals surface area contributed by atoms with E-state index < -0.39 is 0 Å². The van der Waals surface area contributed by atoms with Crippen molar-refractivity contribution in [3.8, 4) is 0 Å². The van der Waals surface area contributed by atoms with Gasteiger partial charge in [0.1, 0.15) is 6.33 Å². The summed E-state index contributed by atoms with van der Waals surface area (Å²) in [5.41, 5.74) is 2.15. The predicted octanol–water partition coefficient (Wildman–Crippen LogP) is 3.39. The first-order valence-electron chi connectivity index (χ1n) is 8.09. The largest absolute Gasteiger partial charge is 0.324 e. The molecule has 0 fully saturated rings. The van der Waals surface area contributed by atoms with Crippen molar-refractivity contribution in [1.29, 1.82) is 0 Å². The SMILES string of the molecule is O=C1CSc2ccc(C(=O)Nc3ncn(Cc4ccc(Br)cc4)n3)cc2N1. The van der Waals surface area contributed by atoms with Crippen LogP contribution < -0.4 is 10.6 Å². The van der Waals surface area contributed by atoms with Crippen LogP contribution in [0, 0.1) is 0 Å². The quantitative estimate of drug-likeness (QED) is 0.644. The molecule has 0 unspecified atom stereocenters. The summed E-state index contributed by atoms with van der Waals surface area (Å²) in [5, 5.41) is 9.74. The zero-order chi connectivity index (χ0) is 18.8. The van der Waals surface area contributed by atoms with Crippen molar-refractivity contribution in [2.24, 2.45) is 0 Å². The number of halogens is 1. The van der Waals surface area contributed by atoms with Crippen molar-refractivity contribution >= 4 is 51.1 Å². The van der Waals surface area contributed by atoms with Gasteiger partial charge in [-0.25, -0.2) is 9.67 Å². The van der Waals surface area contributed by atoms with Crippen molar-refractivity contribution in [3.05, 3.63) is 64.4 Å². The lowest BCUT2D eigenvalue weighted by Crippen LogP contribution is -2.20. The van der Waals surface area contributed by atoms with E-state index in [4.69, 9.17) is 0 Å². The molecule has 27 heavy (non-hydrogen) atoms. The number of benzene rings is 2. The van der Waals surface area contributed by atoms with Gasteiger partial charge in [-0.3, -0.25) is 14.9 Å². The van der Waals surface area contributed by atoms with E-state index in [1.54, 1.807) is 23.1 Å². The molecule has 2 aromatic carbocycles. The Bertz CT molecular complexity index is 1020. The molecule has 1 aliphatic heterocycles. The van der Waals surface area contributed by atoms with Crippen LogP contribution in [0.3, 0.4) is 0 Å². The standard InChI is InChI=1S/C18H14BrN5O2S/c19-13-4-1-11(2-5-13)8-24-10-20-18(23-24)22-17(26)12-3-6-15-14(7-12)21-16(25)9-27-15/h1-7,10H,8-9H2,(H,21,25)(H,22,23,26). The van der Waals surface area contributed by atoms with E-state index in [-0.39, 0.29) is 17.8 Å². The Balaban J connectivity index is 1.44. The van der Waals surface area contributed by atoms with E-state index in [1.807, 2.05) is 30.3 Å². The Labute approximate surface area is 167 Å². The first-order valence-corrected chi connectivity index (χ1v) is 9.86. The van der Waals surface area contributed by atoms with Crippen molar-refractivity contribution < 1.29 is 9.59 Å². The molecule has 7 nitrogen and oxygen atoms in total. The Kier molecular flexibility index (Phi) is 4.95. The average molecular weight is 444 g/mol. The lowest BCUT2D eigenvalue weighted by Gasteiger charge is -2.16. The molecule has 4 rings (SSSR count). The van der Waals surface area contributed by atoms with Gasteiger partial charge in [0.2, 0.25) is 11.9 Å². The molecular formula is C18H14BrN5O2S. The molecular weight excluding hydrogens is 430 g/mol. The smallest absolute Gasteiger partial charge is 0.258 e. The normalized spacial score (nSPS) is 13.0. The van der Waals surface area contributed by atoms with Crippen LogP contribution in [-0.4, -0.2) is 32.3 Å². The summed E-state index contributed by atoms with van der Waals surface area (Å²) in [5.74, 6) is 0.216. The van der Waals surface area contributed by atoms with Crippen molar-refractivity contribution in [2.75, 3.05) is 16.4 Å². The molecule has 1 aromatic heterocycles. The van der Waals surface area contributed by atoms with Crippen LogP contribution in [0.1, 0.15) is 15.9 Å². The minimum atomic E-state index is -0.330. The third-order valence-corrected chi connectivity index (χ3v) is 5.50. The molecule has 136 valence electrons. The summed E-state index contributed by atoms with van der Waals surface area (Å²) in [7, 11) is 0. The fourth-order valence-electron chi connectivity index (χ4n) is 2.60. The van der Waals surface area contributed by atoms with Crippen LogP contribution in [0.15, 0.2) is 58.2 Å². The molecule has 0 spiro atoms. The topological polar surface area (TPSA) is 88.9 Å². The number of nitrogens with one attached hydrogen (secondary N) is 2. The third-order valence-electron chi connectivity index (χ3n) is 3.89. The van der Waals surface area contributed by atoms with Crippen LogP contribution in [0.4, 0.5) is 11.6 Å². The molecule has 2 amide bonds. The van der Waals surface area contributed by atoms with E-state index in [0.29, 0.717) is 23.5 Å². The number of amides is 2. The van der Waals surface area contributed by atoms with Crippen molar-refractivity contribution in [1.82, 2.24) is 14.8 Å². The van der Waals surface area contributed by atoms with Gasteiger partial charge in [0, 0.05) is 14.9 Å². The summed E-state index contributed by atoms with van der Waals surface area (Å²) < 4.78 is 2.67. The van der Waals surface area contributed by atoms with Crippen LogP contribution >= 0.6 is 27.7 Å². The van der Waals surface area contributed by atoms with E-state index in [0.717, 1.165) is 14.9 Å². The van der Waals surface area contributed by atoms with Crippen molar-refractivity contribution in [2.45, 2.75) is 11.4 Å². The highest BCUT2D eigenvalue weighted by molar-refractivity contribution is 9.10. The summed E-state index contributed by atoms with van der Waals surface area (Å²) >= 11 is 4.86. The maximum atomic E-state index is 12.5. The number of hydrogen-bond acceptors (Lipinski definition) is 5. The molecule has 0 bridgehead atoms. The van der Waals surface area contributed by atoms with Gasteiger partial charge in [-0.2, -0.15) is 0 Å². The molecule has 1 aliphatic rings. The number of thioether (sulfide) groups is 1. The minimum absolute atomic E-state index is 0.0709. The van der Waals surface area contributed by atoms with Crippen LogP contribution in [-0.2, 0) is 11.3 Å². The summed E-state index contributed by atoms with van der Waals surface area (Å²) in [6, 6.07) is 13.1. The van der Waals surface area contributed by atoms with Crippen molar-refractivity contribution in [3.63, 3.8) is 0 Å². The molecule has 2 heterocycles. The number of anilines is 2. The van der Waals surface area contributed by atoms with Gasteiger partial charge in [0.15, 0.2) is 0 Å². The summed E-state index contributed by atoms with van der Waals surface area (Å²) in [6.45, 7) is 0.554. The molecule has 2 N–H and O–H groups in total. The van der Waals surface area contributed by atoms with Gasteiger partial charge in [0.25, 0.3) is 5.91 Å². The van der Waals surface area contributed by atoms with Gasteiger partial charge >= 0.3 is 0 Å². The Morgan fingerprint density at radius 1 is 1.26 bits per heavy atom. The Hall–Kier alpha value is -2.65. The highest BCUT2D eigenvalue weighted by Gasteiger charge is 2.18. The number of rotatable bonds is 4. The maximum absolute atomic E-state index is 12.5. The van der Waals surface area contributed by atoms with Gasteiger partial charge in [-0.15, -0.1) is 16.9 Å². The monoisotopic (exact) mass is 443 g/mol. The molecule has 3 aromatic rings. The van der Waals surface area contributed by atoms with Crippen LogP contribution in [0.25, 0.3) is 0 Å². The molecule has 9 heteroatoms. The molecule has 0 saturated carbocycles. The van der Waals surface area contributed by atoms with E-state index in [9.17, 15) is 9.59 Å². The Morgan fingerprint density at radius 2 is 2.07 bits per heavy atom. The fraction of sp³-hybridized carbons (Fsp3) is 0.111. The zero-order valence-corrected chi connectivity index (χ0v) is 16.4. The van der Waals surface area contributed by atoms with E-state index in [1.165, 1.54) is 11.8 Å². The maximum Gasteiger partial charge on any atom is 0.258 e. The molecule has 0 aliphatic carbocycles. The number of nitrogens with zero attached hydrogens (tertiary/aromatic N) is 3. The molecule has 0 atom stereocenters. The lowest BCUT2D eigenvalue weighted by molar-refractivity contribution is -0.113. The minimum Gasteiger partial charge on any atom is -0.324 e. The second-order valence-corrected chi connectivity index (χ2v) is 7.83. The predicted molar refractivity (Wildman–Crippen MR) is 107 cm³/mol. The summed E-state index contributed by atoms with van der Waals surface area (Å²) in [6.07, 6.45) is 1.57. The second-order valence-electron chi connectivity index (χ2n) is 5.89. The van der Waals surface area contributed by atoms with Gasteiger partial charge in [-0.05, 0) is 35.9 Å². The summed E-state index contributed by atoms with van der Waals surface area (Å²) in [4.78, 5) is 29.1. The Morgan fingerprint density at radius 3 is 2.89 bits per heavy atom. The highest BCUT2D eigenvalue weighted by Crippen LogP contribution is 2.32. The van der Waals surface area contributed by atoms with E-state index >= 15 is 0 Å². The first kappa shape index (κ1) is 17.7. The van der Waals surface area contributed by atoms with Gasteiger partial charge in [0.05, 0.1) is 18.0 Å². The molecule has 0 saturated heterocycles. The highest BCUT2D eigenvalue weighted by atomic mass is 79.9. The van der Waals surface area contributed by atoms with Crippen LogP contribution in [0.5, 0.6) is 0 Å². The molecule has 0 radical (unpaired) electrons. The lowest BCUT2D eigenvalue weighted by atomic mass is 10.2. The number of hydrogen-bond donors (Lipinski definition) is 2. The number of fused-ring (bicyclic) bond motifs is 1. The zero-order valence-electron chi connectivity index (χ0n) is 14.0. The number of carbonyl (C=O) groups is 2. The van der Waals surface area contributed by atoms with E-state index in [2.05, 4.69) is 36.6 Å². The average Bonchev–Trinajstić information content (AvgIpc) is 3.09. The third kappa shape index (κ3) is 4.20. The number of aromatic nitrogens is 3.